The lowest BCUT2D eigenvalue weighted by Gasteiger charge is -2.31. The summed E-state index contributed by atoms with van der Waals surface area (Å²) in [6, 6.07) is 7.54. The van der Waals surface area contributed by atoms with Crippen LogP contribution in [0.4, 0.5) is 0 Å². The van der Waals surface area contributed by atoms with Crippen molar-refractivity contribution in [1.29, 1.82) is 0 Å². The summed E-state index contributed by atoms with van der Waals surface area (Å²) in [5.74, 6) is 1.14. The minimum atomic E-state index is 0.358. The molecule has 0 bridgehead atoms. The summed E-state index contributed by atoms with van der Waals surface area (Å²) in [7, 11) is 0. The van der Waals surface area contributed by atoms with Gasteiger partial charge in [-0.1, -0.05) is 38.8 Å². The van der Waals surface area contributed by atoms with Gasteiger partial charge < -0.3 is 10.4 Å². The molecule has 0 unspecified atom stereocenters. The van der Waals surface area contributed by atoms with Crippen LogP contribution in [-0.4, -0.2) is 11.7 Å². The maximum atomic E-state index is 9.47. The fourth-order valence-corrected chi connectivity index (χ4v) is 3.58. The van der Waals surface area contributed by atoms with Gasteiger partial charge in [0.15, 0.2) is 0 Å². The number of rotatable bonds is 6. The number of phenolic OH excluding ortho intramolecular Hbond substituents is 1. The van der Waals surface area contributed by atoms with E-state index >= 15 is 0 Å². The maximum absolute atomic E-state index is 9.47. The fourth-order valence-electron chi connectivity index (χ4n) is 3.58. The highest BCUT2D eigenvalue weighted by atomic mass is 16.3. The zero-order chi connectivity index (χ0) is 13.7. The summed E-state index contributed by atoms with van der Waals surface area (Å²) in [4.78, 5) is 0. The Bertz CT molecular complexity index is 394. The van der Waals surface area contributed by atoms with Crippen LogP contribution in [0, 0.1) is 11.3 Å². The summed E-state index contributed by atoms with van der Waals surface area (Å²) in [6.45, 7) is 6.62. The second kappa shape index (κ2) is 6.42. The minimum Gasteiger partial charge on any atom is -0.508 e. The highest BCUT2D eigenvalue weighted by molar-refractivity contribution is 5.26. The molecule has 0 aliphatic heterocycles. The normalized spacial score (nSPS) is 18.1. The molecule has 2 rings (SSSR count). The SMILES string of the molecule is CC(C)CC1(CNCc2cccc(O)c2)CCCC1. The average molecular weight is 261 g/mol. The average Bonchev–Trinajstić information content (AvgIpc) is 2.77. The Labute approximate surface area is 117 Å². The van der Waals surface area contributed by atoms with E-state index in [1.807, 2.05) is 12.1 Å². The number of aromatic hydroxyl groups is 1. The van der Waals surface area contributed by atoms with Crippen molar-refractivity contribution in [3.8, 4) is 5.75 Å². The summed E-state index contributed by atoms with van der Waals surface area (Å²) in [5.41, 5.74) is 1.68. The molecule has 0 saturated heterocycles. The van der Waals surface area contributed by atoms with Gasteiger partial charge in [-0.05, 0) is 48.3 Å². The topological polar surface area (TPSA) is 32.3 Å². The molecule has 2 nitrogen and oxygen atoms in total. The molecule has 1 saturated carbocycles. The molecule has 1 aromatic rings. The molecule has 0 heterocycles. The van der Waals surface area contributed by atoms with Crippen LogP contribution in [0.2, 0.25) is 0 Å². The Balaban J connectivity index is 1.86. The van der Waals surface area contributed by atoms with Gasteiger partial charge in [0, 0.05) is 13.1 Å². The van der Waals surface area contributed by atoms with Crippen LogP contribution >= 0.6 is 0 Å². The van der Waals surface area contributed by atoms with E-state index in [4.69, 9.17) is 0 Å². The lowest BCUT2D eigenvalue weighted by molar-refractivity contribution is 0.223. The second-order valence-electron chi connectivity index (χ2n) is 6.58. The lowest BCUT2D eigenvalue weighted by atomic mass is 9.78. The summed E-state index contributed by atoms with van der Waals surface area (Å²) in [6.07, 6.45) is 6.86. The fraction of sp³-hybridized carbons (Fsp3) is 0.647. The zero-order valence-corrected chi connectivity index (χ0v) is 12.3. The first-order chi connectivity index (χ1) is 9.10. The van der Waals surface area contributed by atoms with Crippen molar-refractivity contribution in [1.82, 2.24) is 5.32 Å². The molecule has 1 aliphatic carbocycles. The van der Waals surface area contributed by atoms with E-state index in [0.29, 0.717) is 11.2 Å². The Morgan fingerprint density at radius 2 is 2.00 bits per heavy atom. The third-order valence-corrected chi connectivity index (χ3v) is 4.25. The molecule has 2 N–H and O–H groups in total. The van der Waals surface area contributed by atoms with Crippen LogP contribution in [0.5, 0.6) is 5.75 Å². The van der Waals surface area contributed by atoms with Crippen LogP contribution < -0.4 is 5.32 Å². The number of hydrogen-bond acceptors (Lipinski definition) is 2. The van der Waals surface area contributed by atoms with Crippen LogP contribution in [0.3, 0.4) is 0 Å². The summed E-state index contributed by atoms with van der Waals surface area (Å²) < 4.78 is 0. The van der Waals surface area contributed by atoms with Gasteiger partial charge in [0.2, 0.25) is 0 Å². The van der Waals surface area contributed by atoms with Gasteiger partial charge in [0.05, 0.1) is 0 Å². The van der Waals surface area contributed by atoms with E-state index in [1.165, 1.54) is 32.1 Å². The third-order valence-electron chi connectivity index (χ3n) is 4.25. The largest absolute Gasteiger partial charge is 0.508 e. The number of hydrogen-bond donors (Lipinski definition) is 2. The number of benzene rings is 1. The van der Waals surface area contributed by atoms with Crippen LogP contribution in [0.1, 0.15) is 51.5 Å². The molecule has 2 heteroatoms. The van der Waals surface area contributed by atoms with Gasteiger partial charge in [-0.2, -0.15) is 0 Å². The highest BCUT2D eigenvalue weighted by Gasteiger charge is 2.33. The van der Waals surface area contributed by atoms with Crippen molar-refractivity contribution >= 4 is 0 Å². The van der Waals surface area contributed by atoms with E-state index in [-0.39, 0.29) is 0 Å². The molecule has 1 fully saturated rings. The maximum Gasteiger partial charge on any atom is 0.115 e. The molecule has 1 aliphatic rings. The van der Waals surface area contributed by atoms with Gasteiger partial charge in [-0.15, -0.1) is 0 Å². The van der Waals surface area contributed by atoms with Crippen molar-refractivity contribution in [2.45, 2.75) is 52.5 Å². The van der Waals surface area contributed by atoms with Gasteiger partial charge in [-0.25, -0.2) is 0 Å². The number of nitrogens with one attached hydrogen (secondary N) is 1. The van der Waals surface area contributed by atoms with Crippen molar-refractivity contribution in [3.63, 3.8) is 0 Å². The lowest BCUT2D eigenvalue weighted by Crippen LogP contribution is -2.33. The molecular formula is C17H27NO. The first-order valence-corrected chi connectivity index (χ1v) is 7.58. The summed E-state index contributed by atoms with van der Waals surface area (Å²) in [5, 5.41) is 13.1. The Morgan fingerprint density at radius 3 is 2.63 bits per heavy atom. The standard InChI is InChI=1S/C17H27NO/c1-14(2)11-17(8-3-4-9-17)13-18-12-15-6-5-7-16(19)10-15/h5-7,10,14,18-19H,3-4,8-9,11-13H2,1-2H3. The van der Waals surface area contributed by atoms with E-state index in [2.05, 4.69) is 25.2 Å². The van der Waals surface area contributed by atoms with Crippen molar-refractivity contribution in [2.75, 3.05) is 6.54 Å². The zero-order valence-electron chi connectivity index (χ0n) is 12.3. The van der Waals surface area contributed by atoms with Gasteiger partial charge >= 0.3 is 0 Å². The first kappa shape index (κ1) is 14.4. The predicted molar refractivity (Wildman–Crippen MR) is 80.2 cm³/mol. The molecule has 0 amide bonds. The van der Waals surface area contributed by atoms with Crippen molar-refractivity contribution in [3.05, 3.63) is 29.8 Å². The molecule has 106 valence electrons. The van der Waals surface area contributed by atoms with Crippen LogP contribution in [-0.2, 0) is 6.54 Å². The monoisotopic (exact) mass is 261 g/mol. The van der Waals surface area contributed by atoms with Crippen molar-refractivity contribution < 1.29 is 5.11 Å². The second-order valence-corrected chi connectivity index (χ2v) is 6.58. The van der Waals surface area contributed by atoms with Crippen LogP contribution in [0.15, 0.2) is 24.3 Å². The quantitative estimate of drug-likeness (QED) is 0.808. The van der Waals surface area contributed by atoms with E-state index in [1.54, 1.807) is 6.07 Å². The van der Waals surface area contributed by atoms with E-state index in [0.717, 1.165) is 24.6 Å². The first-order valence-electron chi connectivity index (χ1n) is 7.58. The molecule has 0 atom stereocenters. The Kier molecular flexibility index (Phi) is 4.87. The molecule has 0 spiro atoms. The molecule has 19 heavy (non-hydrogen) atoms. The molecule has 1 aromatic carbocycles. The predicted octanol–water partition coefficient (Wildman–Crippen LogP) is 4.09. The molecule has 0 radical (unpaired) electrons. The van der Waals surface area contributed by atoms with Gasteiger partial charge in [0.25, 0.3) is 0 Å². The smallest absolute Gasteiger partial charge is 0.115 e. The Hall–Kier alpha value is -1.02. The van der Waals surface area contributed by atoms with Crippen LogP contribution in [0.25, 0.3) is 0 Å². The Morgan fingerprint density at radius 1 is 1.26 bits per heavy atom. The van der Waals surface area contributed by atoms with E-state index < -0.39 is 0 Å². The van der Waals surface area contributed by atoms with Gasteiger partial charge in [0.1, 0.15) is 5.75 Å². The molecule has 0 aromatic heterocycles. The van der Waals surface area contributed by atoms with E-state index in [9.17, 15) is 5.11 Å². The third kappa shape index (κ3) is 4.24. The highest BCUT2D eigenvalue weighted by Crippen LogP contribution is 2.42. The molecular weight excluding hydrogens is 234 g/mol. The minimum absolute atomic E-state index is 0.358. The van der Waals surface area contributed by atoms with Crippen molar-refractivity contribution in [2.24, 2.45) is 11.3 Å². The summed E-state index contributed by atoms with van der Waals surface area (Å²) >= 11 is 0. The number of phenols is 1. The van der Waals surface area contributed by atoms with Gasteiger partial charge in [-0.3, -0.25) is 0 Å².